The molecule has 4 atom stereocenters. The summed E-state index contributed by atoms with van der Waals surface area (Å²) in [5.41, 5.74) is 2.96. The standard InChI is InChI=1S/C22H41NO7/c1-2-3-4-10-13-17(25)14-11-8-6-5-7-9-12-15-18(26)19(27)20(28)22(23,16-24)21(29)30/h9,12,18-20,24,26-28H,2-8,10-11,13-16,23H2,1H3,(H,29,30)/b12-9+. The summed E-state index contributed by atoms with van der Waals surface area (Å²) in [7, 11) is 0. The molecule has 7 N–H and O–H groups in total. The van der Waals surface area contributed by atoms with Gasteiger partial charge in [-0.3, -0.25) is 9.59 Å². The Bertz CT molecular complexity index is 512. The topological polar surface area (TPSA) is 161 Å². The van der Waals surface area contributed by atoms with Gasteiger partial charge in [0.1, 0.15) is 18.0 Å². The number of carboxylic acid groups (broad SMARTS) is 1. The third-order valence-corrected chi connectivity index (χ3v) is 5.34. The second kappa shape index (κ2) is 16.4. The van der Waals surface area contributed by atoms with Crippen molar-refractivity contribution in [3.63, 3.8) is 0 Å². The van der Waals surface area contributed by atoms with E-state index in [1.807, 2.05) is 6.08 Å². The molecule has 30 heavy (non-hydrogen) atoms. The van der Waals surface area contributed by atoms with E-state index in [1.165, 1.54) is 12.8 Å². The molecule has 0 bridgehead atoms. The molecule has 0 aromatic rings. The van der Waals surface area contributed by atoms with Gasteiger partial charge < -0.3 is 31.3 Å². The Balaban J connectivity index is 3.93. The number of unbranched alkanes of at least 4 members (excludes halogenated alkanes) is 7. The van der Waals surface area contributed by atoms with E-state index in [2.05, 4.69) is 6.92 Å². The van der Waals surface area contributed by atoms with Crippen molar-refractivity contribution in [3.8, 4) is 0 Å². The molecular formula is C22H41NO7. The fourth-order valence-corrected chi connectivity index (χ4v) is 3.11. The molecule has 0 aliphatic carbocycles. The molecular weight excluding hydrogens is 390 g/mol. The Hall–Kier alpha value is -1.32. The Morgan fingerprint density at radius 1 is 0.933 bits per heavy atom. The summed E-state index contributed by atoms with van der Waals surface area (Å²) in [5, 5.41) is 47.8. The Morgan fingerprint density at radius 2 is 1.50 bits per heavy atom. The first-order valence-electron chi connectivity index (χ1n) is 11.0. The quantitative estimate of drug-likeness (QED) is 0.133. The first-order valence-corrected chi connectivity index (χ1v) is 11.0. The maximum atomic E-state index is 11.7. The number of Topliss-reactive ketones (excluding diaryl/α,β-unsaturated/α-hetero) is 1. The van der Waals surface area contributed by atoms with Crippen LogP contribution in [0.4, 0.5) is 0 Å². The van der Waals surface area contributed by atoms with Crippen molar-refractivity contribution in [1.29, 1.82) is 0 Å². The average Bonchev–Trinajstić information content (AvgIpc) is 2.73. The number of hydrogen-bond acceptors (Lipinski definition) is 7. The molecule has 0 heterocycles. The van der Waals surface area contributed by atoms with Crippen LogP contribution < -0.4 is 5.73 Å². The number of rotatable bonds is 19. The lowest BCUT2D eigenvalue weighted by atomic mass is 9.87. The van der Waals surface area contributed by atoms with Gasteiger partial charge in [0, 0.05) is 12.8 Å². The monoisotopic (exact) mass is 431 g/mol. The van der Waals surface area contributed by atoms with E-state index < -0.39 is 36.4 Å². The minimum Gasteiger partial charge on any atom is -0.480 e. The summed E-state index contributed by atoms with van der Waals surface area (Å²) in [6.07, 6.45) is 8.77. The molecule has 176 valence electrons. The summed E-state index contributed by atoms with van der Waals surface area (Å²) in [4.78, 5) is 22.8. The first kappa shape index (κ1) is 28.7. The number of aliphatic hydroxyl groups excluding tert-OH is 4. The molecule has 8 heteroatoms. The third kappa shape index (κ3) is 11.2. The lowest BCUT2D eigenvalue weighted by molar-refractivity contribution is -0.159. The number of aliphatic carboxylic acids is 1. The van der Waals surface area contributed by atoms with Gasteiger partial charge in [-0.15, -0.1) is 0 Å². The van der Waals surface area contributed by atoms with Crippen molar-refractivity contribution in [2.45, 2.75) is 108 Å². The van der Waals surface area contributed by atoms with Gasteiger partial charge in [-0.1, -0.05) is 51.2 Å². The van der Waals surface area contributed by atoms with Gasteiger partial charge in [0.15, 0.2) is 5.54 Å². The van der Waals surface area contributed by atoms with E-state index in [4.69, 9.17) is 15.9 Å². The van der Waals surface area contributed by atoms with Crippen LogP contribution in [-0.2, 0) is 9.59 Å². The molecule has 0 spiro atoms. The van der Waals surface area contributed by atoms with Crippen molar-refractivity contribution in [1.82, 2.24) is 0 Å². The van der Waals surface area contributed by atoms with E-state index in [0.717, 1.165) is 44.9 Å². The van der Waals surface area contributed by atoms with Gasteiger partial charge in [-0.25, -0.2) is 0 Å². The zero-order chi connectivity index (χ0) is 23.0. The maximum Gasteiger partial charge on any atom is 0.328 e. The predicted molar refractivity (Wildman–Crippen MR) is 115 cm³/mol. The van der Waals surface area contributed by atoms with Crippen molar-refractivity contribution in [3.05, 3.63) is 12.2 Å². The van der Waals surface area contributed by atoms with Crippen LogP contribution in [0.15, 0.2) is 12.2 Å². The fourth-order valence-electron chi connectivity index (χ4n) is 3.11. The van der Waals surface area contributed by atoms with Crippen LogP contribution >= 0.6 is 0 Å². The van der Waals surface area contributed by atoms with E-state index >= 15 is 0 Å². The molecule has 0 amide bonds. The number of hydrogen-bond donors (Lipinski definition) is 6. The first-order chi connectivity index (χ1) is 14.2. The second-order valence-electron chi connectivity index (χ2n) is 8.02. The van der Waals surface area contributed by atoms with Crippen LogP contribution in [0.1, 0.15) is 84.0 Å². The van der Waals surface area contributed by atoms with Crippen LogP contribution in [0.5, 0.6) is 0 Å². The highest BCUT2D eigenvalue weighted by Gasteiger charge is 2.46. The summed E-state index contributed by atoms with van der Waals surface area (Å²) < 4.78 is 0. The van der Waals surface area contributed by atoms with E-state index in [0.29, 0.717) is 18.6 Å². The largest absolute Gasteiger partial charge is 0.480 e. The van der Waals surface area contributed by atoms with Crippen LogP contribution in [0, 0.1) is 0 Å². The lowest BCUT2D eigenvalue weighted by Gasteiger charge is -2.33. The second-order valence-corrected chi connectivity index (χ2v) is 8.02. The lowest BCUT2D eigenvalue weighted by Crippen LogP contribution is -2.65. The fraction of sp³-hybridized carbons (Fsp3) is 0.818. The van der Waals surface area contributed by atoms with Gasteiger partial charge in [-0.05, 0) is 32.1 Å². The summed E-state index contributed by atoms with van der Waals surface area (Å²) in [6, 6.07) is 0. The van der Waals surface area contributed by atoms with E-state index in [9.17, 15) is 24.9 Å². The zero-order valence-electron chi connectivity index (χ0n) is 18.2. The highest BCUT2D eigenvalue weighted by molar-refractivity contribution is 5.79. The maximum absolute atomic E-state index is 11.7. The SMILES string of the molecule is CCCCCCC(=O)CCCCCC/C=C/CC(O)C(O)C(O)C(N)(CO)C(=O)O. The molecule has 4 unspecified atom stereocenters. The highest BCUT2D eigenvalue weighted by atomic mass is 16.4. The van der Waals surface area contributed by atoms with Crippen LogP contribution in [0.25, 0.3) is 0 Å². The van der Waals surface area contributed by atoms with E-state index in [1.54, 1.807) is 6.08 Å². The van der Waals surface area contributed by atoms with Gasteiger partial charge >= 0.3 is 5.97 Å². The predicted octanol–water partition coefficient (Wildman–Crippen LogP) is 1.67. The third-order valence-electron chi connectivity index (χ3n) is 5.34. The number of nitrogens with two attached hydrogens (primary N) is 1. The number of carboxylic acids is 1. The van der Waals surface area contributed by atoms with Crippen molar-refractivity contribution in [2.24, 2.45) is 5.73 Å². The van der Waals surface area contributed by atoms with Crippen molar-refractivity contribution < 1.29 is 35.1 Å². The minimum atomic E-state index is -2.44. The van der Waals surface area contributed by atoms with Gasteiger partial charge in [-0.2, -0.15) is 0 Å². The number of carbonyl (C=O) groups excluding carboxylic acids is 1. The van der Waals surface area contributed by atoms with Gasteiger partial charge in [0.05, 0.1) is 12.7 Å². The van der Waals surface area contributed by atoms with Crippen LogP contribution in [0.2, 0.25) is 0 Å². The Morgan fingerprint density at radius 3 is 2.03 bits per heavy atom. The molecule has 8 nitrogen and oxygen atoms in total. The minimum absolute atomic E-state index is 0.0197. The van der Waals surface area contributed by atoms with Crippen molar-refractivity contribution in [2.75, 3.05) is 6.61 Å². The smallest absolute Gasteiger partial charge is 0.328 e. The number of allylic oxidation sites excluding steroid dienone is 1. The van der Waals surface area contributed by atoms with E-state index in [-0.39, 0.29) is 6.42 Å². The molecule has 0 radical (unpaired) electrons. The number of aliphatic hydroxyl groups is 4. The molecule has 0 aromatic carbocycles. The average molecular weight is 432 g/mol. The molecule has 0 aliphatic heterocycles. The van der Waals surface area contributed by atoms with Crippen molar-refractivity contribution >= 4 is 11.8 Å². The summed E-state index contributed by atoms with van der Waals surface area (Å²) in [5.74, 6) is -1.32. The summed E-state index contributed by atoms with van der Waals surface area (Å²) in [6.45, 7) is 1.08. The number of carbonyl (C=O) groups is 2. The zero-order valence-corrected chi connectivity index (χ0v) is 18.2. The molecule has 0 fully saturated rings. The Kier molecular flexibility index (Phi) is 15.7. The number of ketones is 1. The van der Waals surface area contributed by atoms with Gasteiger partial charge in [0.2, 0.25) is 0 Å². The normalized spacial score (nSPS) is 16.9. The van der Waals surface area contributed by atoms with Crippen LogP contribution in [0.3, 0.4) is 0 Å². The summed E-state index contributed by atoms with van der Waals surface area (Å²) >= 11 is 0. The molecule has 0 saturated heterocycles. The Labute approximate surface area is 179 Å². The van der Waals surface area contributed by atoms with Gasteiger partial charge in [0.25, 0.3) is 0 Å². The van der Waals surface area contributed by atoms with Crippen LogP contribution in [-0.4, -0.2) is 67.7 Å². The highest BCUT2D eigenvalue weighted by Crippen LogP contribution is 2.16. The molecule has 0 rings (SSSR count). The molecule has 0 aliphatic rings. The molecule has 0 aromatic heterocycles. The molecule has 0 saturated carbocycles.